The first-order chi connectivity index (χ1) is 14.3. The van der Waals surface area contributed by atoms with Crippen molar-refractivity contribution >= 4 is 26.6 Å². The molecule has 2 aromatic carbocycles. The first kappa shape index (κ1) is 23.8. The largest absolute Gasteiger partial charge is 0.461 e. The summed E-state index contributed by atoms with van der Waals surface area (Å²) in [4.78, 5) is 6.49. The molecule has 30 heavy (non-hydrogen) atoms. The van der Waals surface area contributed by atoms with Gasteiger partial charge in [0, 0.05) is 26.1 Å². The van der Waals surface area contributed by atoms with Crippen molar-refractivity contribution in [1.82, 2.24) is 4.90 Å². The Morgan fingerprint density at radius 1 is 1.27 bits per heavy atom. The van der Waals surface area contributed by atoms with E-state index in [1.165, 1.54) is 6.92 Å². The van der Waals surface area contributed by atoms with E-state index in [0.29, 0.717) is 24.2 Å². The minimum Gasteiger partial charge on any atom is -0.461 e. The standard InChI is InChI=1S/C24H29F2N2OP/c1-17-8-9-20(16-21(17)7-5-6-14-25)15-18(2)28(4)24(30)27-22-10-12-23(13-11-22)29-19(3)26/h5,7-13,16,19H,2,6,14-15,30H2,1,3-4H3/b7-5+,27-24?. The van der Waals surface area contributed by atoms with E-state index in [0.717, 1.165) is 28.1 Å². The van der Waals surface area contributed by atoms with Crippen molar-refractivity contribution in [2.24, 2.45) is 4.99 Å². The number of allylic oxidation sites excluding steroid dienone is 2. The zero-order chi connectivity index (χ0) is 22.1. The second-order valence-electron chi connectivity index (χ2n) is 7.00. The van der Waals surface area contributed by atoms with Gasteiger partial charge in [-0.15, -0.1) is 0 Å². The number of hydrogen-bond donors (Lipinski definition) is 0. The third-order valence-corrected chi connectivity index (χ3v) is 5.04. The van der Waals surface area contributed by atoms with Crippen LogP contribution in [0.3, 0.4) is 0 Å². The molecule has 0 aromatic heterocycles. The van der Waals surface area contributed by atoms with Gasteiger partial charge in [0.25, 0.3) is 0 Å². The molecule has 0 amide bonds. The van der Waals surface area contributed by atoms with Crippen LogP contribution in [0.1, 0.15) is 30.0 Å². The van der Waals surface area contributed by atoms with Gasteiger partial charge in [-0.25, -0.2) is 9.38 Å². The second-order valence-corrected chi connectivity index (χ2v) is 7.51. The molecule has 0 radical (unpaired) electrons. The molecule has 0 saturated carbocycles. The molecule has 0 bridgehead atoms. The molecule has 0 aliphatic heterocycles. The van der Waals surface area contributed by atoms with Crippen molar-refractivity contribution in [1.29, 1.82) is 0 Å². The maximum Gasteiger partial charge on any atom is 0.235 e. The van der Waals surface area contributed by atoms with Crippen LogP contribution in [0.2, 0.25) is 0 Å². The Bertz CT molecular complexity index is 908. The predicted molar refractivity (Wildman–Crippen MR) is 126 cm³/mol. The van der Waals surface area contributed by atoms with E-state index in [2.05, 4.69) is 39.0 Å². The Kier molecular flexibility index (Phi) is 9.19. The molecule has 0 fully saturated rings. The maximum absolute atomic E-state index is 12.9. The monoisotopic (exact) mass is 430 g/mol. The Labute approximate surface area is 180 Å². The summed E-state index contributed by atoms with van der Waals surface area (Å²) in [5.74, 6) is 0.461. The van der Waals surface area contributed by atoms with Gasteiger partial charge in [-0.2, -0.15) is 0 Å². The summed E-state index contributed by atoms with van der Waals surface area (Å²) in [6.07, 6.45) is 3.55. The number of aliphatic imine (C=N–C) groups is 1. The van der Waals surface area contributed by atoms with Crippen LogP contribution in [-0.2, 0) is 6.42 Å². The summed E-state index contributed by atoms with van der Waals surface area (Å²) in [6.45, 7) is 7.22. The first-order valence-electron chi connectivity index (χ1n) is 9.78. The third-order valence-electron chi connectivity index (χ3n) is 4.52. The second kappa shape index (κ2) is 11.6. The van der Waals surface area contributed by atoms with Crippen LogP contribution in [0.5, 0.6) is 5.75 Å². The fourth-order valence-corrected chi connectivity index (χ4v) is 3.09. The van der Waals surface area contributed by atoms with Crippen LogP contribution in [0.15, 0.2) is 65.8 Å². The summed E-state index contributed by atoms with van der Waals surface area (Å²) in [5.41, 5.74) is 5.68. The van der Waals surface area contributed by atoms with Crippen LogP contribution < -0.4 is 4.74 Å². The van der Waals surface area contributed by atoms with E-state index in [4.69, 9.17) is 4.74 Å². The third kappa shape index (κ3) is 7.38. The van der Waals surface area contributed by atoms with E-state index in [1.807, 2.05) is 31.0 Å². The highest BCUT2D eigenvalue weighted by atomic mass is 31.0. The van der Waals surface area contributed by atoms with Gasteiger partial charge in [0.15, 0.2) is 0 Å². The van der Waals surface area contributed by atoms with Gasteiger partial charge in [0.2, 0.25) is 6.36 Å². The number of amidine groups is 1. The maximum atomic E-state index is 12.9. The van der Waals surface area contributed by atoms with Crippen LogP contribution in [-0.4, -0.2) is 30.6 Å². The average molecular weight is 430 g/mol. The summed E-state index contributed by atoms with van der Waals surface area (Å²) in [7, 11) is 4.53. The van der Waals surface area contributed by atoms with E-state index in [1.54, 1.807) is 24.3 Å². The lowest BCUT2D eigenvalue weighted by Crippen LogP contribution is -2.21. The SMILES string of the molecule is C=C(Cc1ccc(C)c(/C=C/CCF)c1)N(C)C(P)=Nc1ccc(OC(C)F)cc1. The van der Waals surface area contributed by atoms with E-state index in [9.17, 15) is 8.78 Å². The molecule has 0 aliphatic rings. The van der Waals surface area contributed by atoms with Crippen molar-refractivity contribution in [2.45, 2.75) is 33.0 Å². The fourth-order valence-electron chi connectivity index (χ4n) is 2.76. The number of alkyl halides is 2. The summed E-state index contributed by atoms with van der Waals surface area (Å²) in [6, 6.07) is 13.2. The Balaban J connectivity index is 2.06. The molecule has 160 valence electrons. The molecule has 0 saturated heterocycles. The van der Waals surface area contributed by atoms with Gasteiger partial charge in [-0.05, 0) is 54.3 Å². The summed E-state index contributed by atoms with van der Waals surface area (Å²) >= 11 is 0. The molecule has 2 atom stereocenters. The fraction of sp³-hybridized carbons (Fsp3) is 0.292. The van der Waals surface area contributed by atoms with Crippen LogP contribution in [0.25, 0.3) is 6.08 Å². The molecule has 0 aliphatic carbocycles. The highest BCUT2D eigenvalue weighted by molar-refractivity contribution is 7.40. The Morgan fingerprint density at radius 2 is 1.97 bits per heavy atom. The quantitative estimate of drug-likeness (QED) is 0.254. The predicted octanol–water partition coefficient (Wildman–Crippen LogP) is 6.61. The number of aryl methyl sites for hydroxylation is 1. The molecule has 0 N–H and O–H groups in total. The number of ether oxygens (including phenoxy) is 1. The van der Waals surface area contributed by atoms with Gasteiger partial charge in [-0.3, -0.25) is 4.39 Å². The van der Waals surface area contributed by atoms with Crippen molar-refractivity contribution in [3.05, 3.63) is 77.5 Å². The molecule has 0 spiro atoms. The zero-order valence-electron chi connectivity index (χ0n) is 17.7. The van der Waals surface area contributed by atoms with Crippen molar-refractivity contribution in [3.63, 3.8) is 0 Å². The molecule has 3 nitrogen and oxygen atoms in total. The van der Waals surface area contributed by atoms with Crippen molar-refractivity contribution < 1.29 is 13.5 Å². The molecule has 2 unspecified atom stereocenters. The summed E-state index contributed by atoms with van der Waals surface area (Å²) in [5, 5.41) is 0. The molecule has 2 rings (SSSR count). The van der Waals surface area contributed by atoms with Crippen LogP contribution in [0, 0.1) is 6.92 Å². The Morgan fingerprint density at radius 3 is 2.60 bits per heavy atom. The normalized spacial score (nSPS) is 12.8. The van der Waals surface area contributed by atoms with Gasteiger partial charge in [-0.1, -0.05) is 46.2 Å². The lowest BCUT2D eigenvalue weighted by atomic mass is 10.0. The molecular formula is C24H29F2N2OP. The molecule has 0 heterocycles. The van der Waals surface area contributed by atoms with Gasteiger partial charge >= 0.3 is 0 Å². The highest BCUT2D eigenvalue weighted by Crippen LogP contribution is 2.22. The van der Waals surface area contributed by atoms with E-state index in [-0.39, 0.29) is 6.67 Å². The minimum atomic E-state index is -1.35. The number of benzene rings is 2. The zero-order valence-corrected chi connectivity index (χ0v) is 18.9. The van der Waals surface area contributed by atoms with E-state index < -0.39 is 6.36 Å². The van der Waals surface area contributed by atoms with Crippen molar-refractivity contribution in [2.75, 3.05) is 13.7 Å². The number of rotatable bonds is 9. The summed E-state index contributed by atoms with van der Waals surface area (Å²) < 4.78 is 30.3. The molecule has 2 aromatic rings. The van der Waals surface area contributed by atoms with Crippen LogP contribution in [0.4, 0.5) is 14.5 Å². The average Bonchev–Trinajstić information content (AvgIpc) is 2.71. The van der Waals surface area contributed by atoms with Gasteiger partial charge in [0.1, 0.15) is 11.3 Å². The number of likely N-dealkylation sites (N-methyl/N-ethyl adjacent to an activating group) is 1. The van der Waals surface area contributed by atoms with Gasteiger partial charge in [0.05, 0.1) is 12.4 Å². The smallest absolute Gasteiger partial charge is 0.235 e. The van der Waals surface area contributed by atoms with Crippen LogP contribution >= 0.6 is 9.24 Å². The molecular weight excluding hydrogens is 401 g/mol. The number of hydrogen-bond acceptors (Lipinski definition) is 2. The highest BCUT2D eigenvalue weighted by Gasteiger charge is 2.08. The first-order valence-corrected chi connectivity index (χ1v) is 10.4. The topological polar surface area (TPSA) is 24.8 Å². The minimum absolute atomic E-state index is 0.349. The lowest BCUT2D eigenvalue weighted by molar-refractivity contribution is 0.0861. The van der Waals surface area contributed by atoms with Gasteiger partial charge < -0.3 is 9.64 Å². The Hall–Kier alpha value is -2.52. The lowest BCUT2D eigenvalue weighted by Gasteiger charge is -2.21. The number of nitrogens with zero attached hydrogens (tertiary/aromatic N) is 2. The van der Waals surface area contributed by atoms with E-state index >= 15 is 0 Å². The number of halogens is 2. The van der Waals surface area contributed by atoms with Crippen molar-refractivity contribution in [3.8, 4) is 5.75 Å². The molecule has 6 heteroatoms.